The van der Waals surface area contributed by atoms with Crippen LogP contribution in [0, 0.1) is 0 Å². The summed E-state index contributed by atoms with van der Waals surface area (Å²) < 4.78 is 16.2. The molecule has 3 aromatic rings. The van der Waals surface area contributed by atoms with Crippen LogP contribution in [0.2, 0.25) is 0 Å². The summed E-state index contributed by atoms with van der Waals surface area (Å²) in [7, 11) is 4.71. The zero-order valence-corrected chi connectivity index (χ0v) is 16.4. The first kappa shape index (κ1) is 19.3. The van der Waals surface area contributed by atoms with Gasteiger partial charge in [-0.05, 0) is 30.2 Å². The van der Waals surface area contributed by atoms with E-state index < -0.39 is 0 Å². The van der Waals surface area contributed by atoms with Crippen LogP contribution in [-0.2, 0) is 13.0 Å². The van der Waals surface area contributed by atoms with Gasteiger partial charge < -0.3 is 19.5 Å². The Bertz CT molecular complexity index is 906. The van der Waals surface area contributed by atoms with Gasteiger partial charge in [0.2, 0.25) is 11.7 Å². The lowest BCUT2D eigenvalue weighted by Crippen LogP contribution is -2.06. The van der Waals surface area contributed by atoms with Gasteiger partial charge in [-0.15, -0.1) is 5.10 Å². The van der Waals surface area contributed by atoms with Crippen molar-refractivity contribution in [3.63, 3.8) is 0 Å². The topological polar surface area (TPSA) is 91.3 Å². The minimum Gasteiger partial charge on any atom is -0.493 e. The second-order valence-electron chi connectivity index (χ2n) is 5.94. The minimum absolute atomic E-state index is 0.410. The highest BCUT2D eigenvalue weighted by Crippen LogP contribution is 2.40. The van der Waals surface area contributed by atoms with Gasteiger partial charge in [0.1, 0.15) is 0 Å². The highest BCUT2D eigenvalue weighted by Gasteiger charge is 2.15. The van der Waals surface area contributed by atoms with E-state index in [0.717, 1.165) is 17.7 Å². The first-order valence-electron chi connectivity index (χ1n) is 8.86. The van der Waals surface area contributed by atoms with E-state index in [1.807, 2.05) is 24.4 Å². The van der Waals surface area contributed by atoms with Crippen molar-refractivity contribution < 1.29 is 14.2 Å². The average molecular weight is 381 g/mol. The fourth-order valence-electron chi connectivity index (χ4n) is 2.68. The van der Waals surface area contributed by atoms with Gasteiger partial charge in [-0.25, -0.2) is 4.98 Å². The minimum atomic E-state index is 0.410. The van der Waals surface area contributed by atoms with E-state index in [2.05, 4.69) is 38.5 Å². The summed E-state index contributed by atoms with van der Waals surface area (Å²) in [5, 5.41) is 11.2. The Morgan fingerprint density at radius 2 is 1.71 bits per heavy atom. The van der Waals surface area contributed by atoms with E-state index in [0.29, 0.717) is 35.4 Å². The molecule has 0 radical (unpaired) electrons. The molecule has 0 aliphatic heterocycles. The molecule has 1 aromatic carbocycles. The van der Waals surface area contributed by atoms with E-state index in [9.17, 15) is 0 Å². The molecule has 0 spiro atoms. The Morgan fingerprint density at radius 1 is 0.964 bits per heavy atom. The van der Waals surface area contributed by atoms with Crippen LogP contribution in [0.3, 0.4) is 0 Å². The predicted molar refractivity (Wildman–Crippen MR) is 106 cm³/mol. The van der Waals surface area contributed by atoms with Crippen molar-refractivity contribution >= 4 is 5.95 Å². The van der Waals surface area contributed by atoms with Gasteiger partial charge in [0.25, 0.3) is 0 Å². The van der Waals surface area contributed by atoms with Crippen molar-refractivity contribution in [3.05, 3.63) is 47.9 Å². The lowest BCUT2D eigenvalue weighted by Gasteiger charge is -2.14. The maximum atomic E-state index is 5.40. The van der Waals surface area contributed by atoms with Gasteiger partial charge >= 0.3 is 0 Å². The van der Waals surface area contributed by atoms with Crippen LogP contribution >= 0.6 is 0 Å². The molecule has 0 aliphatic carbocycles. The average Bonchev–Trinajstić information content (AvgIpc) is 2.77. The van der Waals surface area contributed by atoms with Crippen LogP contribution in [0.25, 0.3) is 11.3 Å². The van der Waals surface area contributed by atoms with Crippen LogP contribution in [0.5, 0.6) is 17.2 Å². The number of aryl methyl sites for hydroxylation is 1. The van der Waals surface area contributed by atoms with Gasteiger partial charge in [-0.2, -0.15) is 5.10 Å². The third-order valence-electron chi connectivity index (χ3n) is 4.24. The molecular weight excluding hydrogens is 358 g/mol. The van der Waals surface area contributed by atoms with Gasteiger partial charge in [0, 0.05) is 11.8 Å². The normalized spacial score (nSPS) is 10.4. The van der Waals surface area contributed by atoms with Gasteiger partial charge in [0.05, 0.1) is 45.5 Å². The smallest absolute Gasteiger partial charge is 0.243 e. The molecule has 0 saturated heterocycles. The third kappa shape index (κ3) is 4.28. The quantitative estimate of drug-likeness (QED) is 0.636. The van der Waals surface area contributed by atoms with E-state index >= 15 is 0 Å². The molecule has 3 rings (SSSR count). The summed E-state index contributed by atoms with van der Waals surface area (Å²) in [5.41, 5.74) is 3.51. The fourth-order valence-corrected chi connectivity index (χ4v) is 2.68. The zero-order chi connectivity index (χ0) is 19.9. The monoisotopic (exact) mass is 381 g/mol. The van der Waals surface area contributed by atoms with Crippen molar-refractivity contribution in [1.29, 1.82) is 0 Å². The summed E-state index contributed by atoms with van der Waals surface area (Å²) >= 11 is 0. The summed E-state index contributed by atoms with van der Waals surface area (Å²) in [6.07, 6.45) is 4.42. The van der Waals surface area contributed by atoms with Gasteiger partial charge in [-0.3, -0.25) is 4.98 Å². The second kappa shape index (κ2) is 8.98. The van der Waals surface area contributed by atoms with Crippen LogP contribution < -0.4 is 19.5 Å². The highest BCUT2D eigenvalue weighted by atomic mass is 16.5. The lowest BCUT2D eigenvalue weighted by molar-refractivity contribution is 0.324. The molecular formula is C20H23N5O3. The summed E-state index contributed by atoms with van der Waals surface area (Å²) in [6.45, 7) is 2.60. The molecule has 2 aromatic heterocycles. The van der Waals surface area contributed by atoms with E-state index in [-0.39, 0.29) is 0 Å². The highest BCUT2D eigenvalue weighted by molar-refractivity contribution is 5.68. The summed E-state index contributed by atoms with van der Waals surface area (Å²) in [5.74, 6) is 2.03. The molecule has 0 unspecified atom stereocenters. The number of aromatic nitrogens is 4. The van der Waals surface area contributed by atoms with E-state index in [1.54, 1.807) is 27.5 Å². The molecule has 0 bridgehead atoms. The van der Waals surface area contributed by atoms with E-state index in [1.165, 1.54) is 5.56 Å². The van der Waals surface area contributed by atoms with Crippen LogP contribution in [-0.4, -0.2) is 41.5 Å². The standard InChI is InChI=1S/C20H23N5O3/c1-5-13-6-7-15(21-10-13)11-22-20-24-16(12-23-25-20)14-8-17(26-2)19(28-4)18(9-14)27-3/h6-10,12H,5,11H2,1-4H3,(H,22,24,25). The maximum absolute atomic E-state index is 5.40. The predicted octanol–water partition coefficient (Wildman–Crippen LogP) is 3.13. The number of nitrogens with zero attached hydrogens (tertiary/aromatic N) is 4. The lowest BCUT2D eigenvalue weighted by atomic mass is 10.1. The molecule has 0 saturated carbocycles. The van der Waals surface area contributed by atoms with Crippen molar-refractivity contribution in [2.24, 2.45) is 0 Å². The molecule has 28 heavy (non-hydrogen) atoms. The number of hydrogen-bond donors (Lipinski definition) is 1. The van der Waals surface area contributed by atoms with Gasteiger partial charge in [0.15, 0.2) is 11.5 Å². The van der Waals surface area contributed by atoms with Crippen LogP contribution in [0.15, 0.2) is 36.7 Å². The molecule has 1 N–H and O–H groups in total. The number of ether oxygens (including phenoxy) is 3. The van der Waals surface area contributed by atoms with Gasteiger partial charge in [-0.1, -0.05) is 13.0 Å². The molecule has 146 valence electrons. The number of anilines is 1. The van der Waals surface area contributed by atoms with Crippen molar-refractivity contribution in [2.75, 3.05) is 26.6 Å². The molecule has 8 nitrogen and oxygen atoms in total. The Kier molecular flexibility index (Phi) is 6.21. The molecule has 0 aliphatic rings. The molecule has 8 heteroatoms. The first-order chi connectivity index (χ1) is 13.7. The Morgan fingerprint density at radius 3 is 2.29 bits per heavy atom. The number of pyridine rings is 1. The number of hydrogen-bond acceptors (Lipinski definition) is 8. The molecule has 0 atom stereocenters. The van der Waals surface area contributed by atoms with Crippen LogP contribution in [0.4, 0.5) is 5.95 Å². The Hall–Kier alpha value is -3.42. The number of benzene rings is 1. The van der Waals surface area contributed by atoms with Crippen molar-refractivity contribution in [1.82, 2.24) is 20.2 Å². The SMILES string of the molecule is CCc1ccc(CNc2nncc(-c3cc(OC)c(OC)c(OC)c3)n2)nc1. The van der Waals surface area contributed by atoms with Crippen LogP contribution in [0.1, 0.15) is 18.2 Å². The maximum Gasteiger partial charge on any atom is 0.243 e. The Labute approximate surface area is 163 Å². The molecule has 0 fully saturated rings. The molecule has 2 heterocycles. The first-order valence-corrected chi connectivity index (χ1v) is 8.86. The van der Waals surface area contributed by atoms with E-state index in [4.69, 9.17) is 14.2 Å². The summed E-state index contributed by atoms with van der Waals surface area (Å²) in [4.78, 5) is 8.96. The number of rotatable bonds is 8. The molecule has 0 amide bonds. The summed E-state index contributed by atoms with van der Waals surface area (Å²) in [6, 6.07) is 7.69. The third-order valence-corrected chi connectivity index (χ3v) is 4.24. The zero-order valence-electron chi connectivity index (χ0n) is 16.4. The van der Waals surface area contributed by atoms with Crippen molar-refractivity contribution in [2.45, 2.75) is 19.9 Å². The number of methoxy groups -OCH3 is 3. The second-order valence-corrected chi connectivity index (χ2v) is 5.94. The fraction of sp³-hybridized carbons (Fsp3) is 0.300. The largest absolute Gasteiger partial charge is 0.493 e. The van der Waals surface area contributed by atoms with Crippen molar-refractivity contribution in [3.8, 4) is 28.5 Å². The Balaban J connectivity index is 1.82. The number of nitrogens with one attached hydrogen (secondary N) is 1.